The van der Waals surface area contributed by atoms with Gasteiger partial charge in [-0.3, -0.25) is 0 Å². The SMILES string of the molecule is CNCCCN(C)S(=O)(=O)N1CCC(OC)CC1. The van der Waals surface area contributed by atoms with Crippen LogP contribution in [-0.2, 0) is 14.9 Å². The molecule has 0 aromatic rings. The van der Waals surface area contributed by atoms with E-state index in [-0.39, 0.29) is 6.10 Å². The van der Waals surface area contributed by atoms with Gasteiger partial charge in [-0.05, 0) is 32.9 Å². The third kappa shape index (κ3) is 4.17. The second kappa shape index (κ2) is 7.40. The molecule has 1 N–H and O–H groups in total. The van der Waals surface area contributed by atoms with E-state index in [0.717, 1.165) is 25.8 Å². The van der Waals surface area contributed by atoms with Gasteiger partial charge in [0.25, 0.3) is 10.2 Å². The summed E-state index contributed by atoms with van der Waals surface area (Å²) >= 11 is 0. The molecule has 0 aromatic carbocycles. The smallest absolute Gasteiger partial charge is 0.281 e. The van der Waals surface area contributed by atoms with Gasteiger partial charge in [-0.1, -0.05) is 0 Å². The van der Waals surface area contributed by atoms with Gasteiger partial charge in [0.2, 0.25) is 0 Å². The molecular weight excluding hydrogens is 254 g/mol. The van der Waals surface area contributed by atoms with Crippen molar-refractivity contribution >= 4 is 10.2 Å². The minimum atomic E-state index is -3.29. The number of rotatable bonds is 7. The van der Waals surface area contributed by atoms with Crippen molar-refractivity contribution < 1.29 is 13.2 Å². The average molecular weight is 279 g/mol. The summed E-state index contributed by atoms with van der Waals surface area (Å²) < 4.78 is 32.8. The predicted octanol–water partition coefficient (Wildman–Crippen LogP) is -0.117. The van der Waals surface area contributed by atoms with Gasteiger partial charge in [0, 0.05) is 33.8 Å². The molecule has 0 aromatic heterocycles. The molecule has 0 saturated carbocycles. The summed E-state index contributed by atoms with van der Waals surface area (Å²) in [6.07, 6.45) is 2.58. The highest BCUT2D eigenvalue weighted by Gasteiger charge is 2.30. The van der Waals surface area contributed by atoms with Crippen LogP contribution in [0.1, 0.15) is 19.3 Å². The van der Waals surface area contributed by atoms with E-state index in [1.165, 1.54) is 4.31 Å². The molecular formula is C11H25N3O3S. The van der Waals surface area contributed by atoms with Crippen LogP contribution in [0.2, 0.25) is 0 Å². The lowest BCUT2D eigenvalue weighted by Gasteiger charge is -2.33. The van der Waals surface area contributed by atoms with Gasteiger partial charge in [-0.25, -0.2) is 0 Å². The first-order valence-electron chi connectivity index (χ1n) is 6.41. The monoisotopic (exact) mass is 279 g/mol. The first kappa shape index (κ1) is 15.8. The Morgan fingerprint density at radius 2 is 2.00 bits per heavy atom. The maximum absolute atomic E-state index is 12.3. The molecule has 18 heavy (non-hydrogen) atoms. The second-order valence-corrected chi connectivity index (χ2v) is 6.66. The molecule has 1 aliphatic heterocycles. The van der Waals surface area contributed by atoms with E-state index in [0.29, 0.717) is 19.6 Å². The van der Waals surface area contributed by atoms with Crippen molar-refractivity contribution in [2.24, 2.45) is 0 Å². The summed E-state index contributed by atoms with van der Waals surface area (Å²) in [5.41, 5.74) is 0. The fourth-order valence-corrected chi connectivity index (χ4v) is 3.52. The lowest BCUT2D eigenvalue weighted by atomic mass is 10.1. The number of nitrogens with zero attached hydrogens (tertiary/aromatic N) is 2. The lowest BCUT2D eigenvalue weighted by Crippen LogP contribution is -2.47. The van der Waals surface area contributed by atoms with Crippen LogP contribution in [0.25, 0.3) is 0 Å². The molecule has 6 nitrogen and oxygen atoms in total. The Labute approximate surface area is 110 Å². The van der Waals surface area contributed by atoms with Gasteiger partial charge in [-0.15, -0.1) is 0 Å². The Bertz CT molecular complexity index is 326. The highest BCUT2D eigenvalue weighted by atomic mass is 32.2. The van der Waals surface area contributed by atoms with Gasteiger partial charge in [-0.2, -0.15) is 17.0 Å². The van der Waals surface area contributed by atoms with E-state index in [1.54, 1.807) is 18.5 Å². The average Bonchev–Trinajstić information content (AvgIpc) is 2.39. The Kier molecular flexibility index (Phi) is 6.51. The van der Waals surface area contributed by atoms with Gasteiger partial charge in [0.15, 0.2) is 0 Å². The molecule has 7 heteroatoms. The standard InChI is InChI=1S/C11H25N3O3S/c1-12-7-4-8-13(2)18(15,16)14-9-5-11(17-3)6-10-14/h11-12H,4-10H2,1-3H3. The summed E-state index contributed by atoms with van der Waals surface area (Å²) in [7, 11) is 1.90. The Balaban J connectivity index is 2.48. The van der Waals surface area contributed by atoms with Gasteiger partial charge in [0.1, 0.15) is 0 Å². The van der Waals surface area contributed by atoms with Crippen LogP contribution in [0.15, 0.2) is 0 Å². The van der Waals surface area contributed by atoms with Crippen LogP contribution in [0, 0.1) is 0 Å². The molecule has 1 rings (SSSR count). The summed E-state index contributed by atoms with van der Waals surface area (Å²) in [5, 5.41) is 3.02. The number of methoxy groups -OCH3 is 1. The Morgan fingerprint density at radius 3 is 2.50 bits per heavy atom. The predicted molar refractivity (Wildman–Crippen MR) is 71.7 cm³/mol. The zero-order chi connectivity index (χ0) is 13.6. The highest BCUT2D eigenvalue weighted by Crippen LogP contribution is 2.17. The molecule has 0 spiro atoms. The van der Waals surface area contributed by atoms with E-state index in [4.69, 9.17) is 4.74 Å². The zero-order valence-corrected chi connectivity index (χ0v) is 12.4. The third-order valence-corrected chi connectivity index (χ3v) is 5.34. The molecule has 108 valence electrons. The van der Waals surface area contributed by atoms with Gasteiger partial charge in [0.05, 0.1) is 6.10 Å². The molecule has 0 unspecified atom stereocenters. The molecule has 1 heterocycles. The third-order valence-electron chi connectivity index (χ3n) is 3.35. The van der Waals surface area contributed by atoms with Crippen LogP contribution < -0.4 is 5.32 Å². The minimum absolute atomic E-state index is 0.200. The van der Waals surface area contributed by atoms with E-state index >= 15 is 0 Å². The molecule has 0 aliphatic carbocycles. The Morgan fingerprint density at radius 1 is 1.39 bits per heavy atom. The zero-order valence-electron chi connectivity index (χ0n) is 11.6. The van der Waals surface area contributed by atoms with E-state index in [9.17, 15) is 8.42 Å². The van der Waals surface area contributed by atoms with E-state index < -0.39 is 10.2 Å². The van der Waals surface area contributed by atoms with Gasteiger partial charge >= 0.3 is 0 Å². The first-order chi connectivity index (χ1) is 8.52. The van der Waals surface area contributed by atoms with E-state index in [2.05, 4.69) is 5.32 Å². The summed E-state index contributed by atoms with van der Waals surface area (Å²) in [5.74, 6) is 0. The lowest BCUT2D eigenvalue weighted by molar-refractivity contribution is 0.0593. The van der Waals surface area contributed by atoms with Crippen molar-refractivity contribution in [3.63, 3.8) is 0 Å². The topological polar surface area (TPSA) is 61.9 Å². The molecule has 1 aliphatic rings. The number of piperidine rings is 1. The molecule has 1 fully saturated rings. The number of hydrogen-bond donors (Lipinski definition) is 1. The van der Waals surface area contributed by atoms with Crippen molar-refractivity contribution in [3.05, 3.63) is 0 Å². The minimum Gasteiger partial charge on any atom is -0.381 e. The number of hydrogen-bond acceptors (Lipinski definition) is 4. The Hall–Kier alpha value is -0.210. The van der Waals surface area contributed by atoms with Crippen molar-refractivity contribution in [1.29, 1.82) is 0 Å². The molecule has 0 atom stereocenters. The maximum atomic E-state index is 12.3. The fraction of sp³-hybridized carbons (Fsp3) is 1.00. The van der Waals surface area contributed by atoms with Crippen molar-refractivity contribution in [2.45, 2.75) is 25.4 Å². The quantitative estimate of drug-likeness (QED) is 0.660. The molecule has 0 amide bonds. The summed E-state index contributed by atoms with van der Waals surface area (Å²) in [6.45, 7) is 2.48. The molecule has 1 saturated heterocycles. The van der Waals surface area contributed by atoms with Crippen molar-refractivity contribution in [3.8, 4) is 0 Å². The fourth-order valence-electron chi connectivity index (χ4n) is 2.09. The van der Waals surface area contributed by atoms with Crippen molar-refractivity contribution in [1.82, 2.24) is 13.9 Å². The van der Waals surface area contributed by atoms with Crippen LogP contribution in [-0.4, -0.2) is 70.5 Å². The van der Waals surface area contributed by atoms with E-state index in [1.807, 2.05) is 7.05 Å². The second-order valence-electron chi connectivity index (χ2n) is 4.62. The maximum Gasteiger partial charge on any atom is 0.281 e. The number of nitrogens with one attached hydrogen (secondary N) is 1. The largest absolute Gasteiger partial charge is 0.381 e. The summed E-state index contributed by atoms with van der Waals surface area (Å²) in [4.78, 5) is 0. The van der Waals surface area contributed by atoms with Gasteiger partial charge < -0.3 is 10.1 Å². The number of ether oxygens (including phenoxy) is 1. The van der Waals surface area contributed by atoms with Crippen LogP contribution in [0.4, 0.5) is 0 Å². The summed E-state index contributed by atoms with van der Waals surface area (Å²) in [6, 6.07) is 0. The van der Waals surface area contributed by atoms with Crippen LogP contribution in [0.5, 0.6) is 0 Å². The normalized spacial score (nSPS) is 19.6. The first-order valence-corrected chi connectivity index (χ1v) is 7.81. The van der Waals surface area contributed by atoms with Crippen LogP contribution >= 0.6 is 0 Å². The highest BCUT2D eigenvalue weighted by molar-refractivity contribution is 7.86. The molecule has 0 radical (unpaired) electrons. The van der Waals surface area contributed by atoms with Crippen LogP contribution in [0.3, 0.4) is 0 Å². The molecule has 0 bridgehead atoms. The van der Waals surface area contributed by atoms with Crippen molar-refractivity contribution in [2.75, 3.05) is 47.4 Å².